The minimum absolute atomic E-state index is 0.00562. The number of carbonyl (C=O) groups excluding carboxylic acids is 1. The predicted molar refractivity (Wildman–Crippen MR) is 88.5 cm³/mol. The second-order valence-corrected chi connectivity index (χ2v) is 5.66. The Labute approximate surface area is 139 Å². The Bertz CT molecular complexity index is 785. The molecule has 0 N–H and O–H groups in total. The molecule has 7 nitrogen and oxygen atoms in total. The number of hydrogen-bond donors (Lipinski definition) is 0. The van der Waals surface area contributed by atoms with Crippen molar-refractivity contribution >= 4 is 17.5 Å². The fourth-order valence-electron chi connectivity index (χ4n) is 2.80. The van der Waals surface area contributed by atoms with Crippen LogP contribution in [-0.4, -0.2) is 29.0 Å². The highest BCUT2D eigenvalue weighted by Crippen LogP contribution is 2.26. The van der Waals surface area contributed by atoms with Crippen molar-refractivity contribution in [2.24, 2.45) is 0 Å². The molecule has 2 aromatic rings. The lowest BCUT2D eigenvalue weighted by Crippen LogP contribution is -2.23. The zero-order chi connectivity index (χ0) is 17.1. The number of aromatic nitrogens is 1. The van der Waals surface area contributed by atoms with Crippen molar-refractivity contribution in [2.45, 2.75) is 19.8 Å². The molecular weight excluding hydrogens is 310 g/mol. The van der Waals surface area contributed by atoms with Crippen LogP contribution in [0.3, 0.4) is 0 Å². The molecule has 24 heavy (non-hydrogen) atoms. The van der Waals surface area contributed by atoms with Crippen LogP contribution in [0.5, 0.6) is 5.75 Å². The number of anilines is 1. The number of aryl methyl sites for hydroxylation is 1. The summed E-state index contributed by atoms with van der Waals surface area (Å²) in [5.41, 5.74) is 0.834. The lowest BCUT2D eigenvalue weighted by molar-refractivity contribution is -0.385. The SMILES string of the molecule is Cc1cc(OC(=O)c2cccnc2N2CCCC2)ccc1[N+](=O)[O-]. The molecule has 0 unspecified atom stereocenters. The standard InChI is InChI=1S/C17H17N3O4/c1-12-11-13(6-7-15(12)20(22)23)24-17(21)14-5-4-8-18-16(14)19-9-2-3-10-19/h4-8,11H,2-3,9-10H2,1H3. The summed E-state index contributed by atoms with van der Waals surface area (Å²) < 4.78 is 5.39. The van der Waals surface area contributed by atoms with Gasteiger partial charge in [-0.3, -0.25) is 10.1 Å². The van der Waals surface area contributed by atoms with E-state index >= 15 is 0 Å². The van der Waals surface area contributed by atoms with Crippen LogP contribution in [0.15, 0.2) is 36.5 Å². The van der Waals surface area contributed by atoms with Gasteiger partial charge in [0.15, 0.2) is 0 Å². The number of nitro groups is 1. The van der Waals surface area contributed by atoms with E-state index in [9.17, 15) is 14.9 Å². The first-order valence-electron chi connectivity index (χ1n) is 7.73. The average molecular weight is 327 g/mol. The van der Waals surface area contributed by atoms with Crippen molar-refractivity contribution in [1.29, 1.82) is 0 Å². The first-order valence-corrected chi connectivity index (χ1v) is 7.73. The van der Waals surface area contributed by atoms with Crippen LogP contribution in [-0.2, 0) is 0 Å². The maximum atomic E-state index is 12.5. The Kier molecular flexibility index (Phi) is 4.41. The van der Waals surface area contributed by atoms with E-state index in [1.165, 1.54) is 18.2 Å². The molecule has 0 radical (unpaired) electrons. The molecule has 0 spiro atoms. The maximum Gasteiger partial charge on any atom is 0.347 e. The number of carbonyl (C=O) groups is 1. The van der Waals surface area contributed by atoms with Crippen molar-refractivity contribution in [1.82, 2.24) is 4.98 Å². The van der Waals surface area contributed by atoms with Gasteiger partial charge in [-0.05, 0) is 44.0 Å². The molecule has 124 valence electrons. The average Bonchev–Trinajstić information content (AvgIpc) is 3.09. The molecule has 1 aliphatic heterocycles. The van der Waals surface area contributed by atoms with Crippen molar-refractivity contribution in [3.63, 3.8) is 0 Å². The third-order valence-electron chi connectivity index (χ3n) is 3.99. The topological polar surface area (TPSA) is 85.6 Å². The molecule has 0 aliphatic carbocycles. The van der Waals surface area contributed by atoms with Crippen molar-refractivity contribution in [3.8, 4) is 5.75 Å². The van der Waals surface area contributed by atoms with E-state index in [1.54, 1.807) is 25.3 Å². The molecule has 2 heterocycles. The molecule has 0 bridgehead atoms. The molecule has 3 rings (SSSR count). The number of ether oxygens (including phenoxy) is 1. The summed E-state index contributed by atoms with van der Waals surface area (Å²) in [5, 5.41) is 10.9. The second kappa shape index (κ2) is 6.66. The van der Waals surface area contributed by atoms with Gasteiger partial charge in [-0.25, -0.2) is 9.78 Å². The van der Waals surface area contributed by atoms with E-state index in [4.69, 9.17) is 4.74 Å². The Hall–Kier alpha value is -2.96. The zero-order valence-electron chi connectivity index (χ0n) is 13.3. The number of rotatable bonds is 4. The molecule has 1 aromatic heterocycles. The molecule has 1 aromatic carbocycles. The van der Waals surface area contributed by atoms with Gasteiger partial charge in [0.1, 0.15) is 17.1 Å². The van der Waals surface area contributed by atoms with Gasteiger partial charge in [-0.1, -0.05) is 0 Å². The smallest absolute Gasteiger partial charge is 0.347 e. The Morgan fingerprint density at radius 3 is 2.71 bits per heavy atom. The van der Waals surface area contributed by atoms with E-state index < -0.39 is 10.9 Å². The quantitative estimate of drug-likeness (QED) is 0.371. The molecule has 1 aliphatic rings. The number of esters is 1. The van der Waals surface area contributed by atoms with E-state index in [-0.39, 0.29) is 11.4 Å². The molecule has 1 saturated heterocycles. The first-order chi connectivity index (χ1) is 11.6. The molecule has 7 heteroatoms. The van der Waals surface area contributed by atoms with Gasteiger partial charge >= 0.3 is 5.97 Å². The normalized spacial score (nSPS) is 13.8. The third kappa shape index (κ3) is 3.19. The van der Waals surface area contributed by atoms with Gasteiger partial charge in [0.05, 0.1) is 4.92 Å². The molecule has 0 saturated carbocycles. The summed E-state index contributed by atoms with van der Waals surface area (Å²) in [4.78, 5) is 29.3. The minimum Gasteiger partial charge on any atom is -0.423 e. The largest absolute Gasteiger partial charge is 0.423 e. The van der Waals surface area contributed by atoms with Gasteiger partial charge in [0, 0.05) is 30.9 Å². The van der Waals surface area contributed by atoms with Crippen LogP contribution in [0, 0.1) is 17.0 Å². The van der Waals surface area contributed by atoms with Crippen LogP contribution < -0.4 is 9.64 Å². The number of pyridine rings is 1. The highest BCUT2D eigenvalue weighted by Gasteiger charge is 2.22. The Morgan fingerprint density at radius 1 is 1.29 bits per heavy atom. The van der Waals surface area contributed by atoms with Crippen LogP contribution in [0.25, 0.3) is 0 Å². The summed E-state index contributed by atoms with van der Waals surface area (Å²) >= 11 is 0. The number of nitrogens with zero attached hydrogens (tertiary/aromatic N) is 3. The van der Waals surface area contributed by atoms with Crippen LogP contribution in [0.1, 0.15) is 28.8 Å². The summed E-state index contributed by atoms with van der Waals surface area (Å²) in [6, 6.07) is 7.62. The van der Waals surface area contributed by atoms with Crippen molar-refractivity contribution < 1.29 is 14.5 Å². The monoisotopic (exact) mass is 327 g/mol. The molecule has 1 fully saturated rings. The number of nitro benzene ring substituents is 1. The number of benzene rings is 1. The van der Waals surface area contributed by atoms with Crippen LogP contribution in [0.2, 0.25) is 0 Å². The number of hydrogen-bond acceptors (Lipinski definition) is 6. The lowest BCUT2D eigenvalue weighted by Gasteiger charge is -2.18. The lowest BCUT2D eigenvalue weighted by atomic mass is 10.2. The second-order valence-electron chi connectivity index (χ2n) is 5.66. The maximum absolute atomic E-state index is 12.5. The van der Waals surface area contributed by atoms with Gasteiger partial charge < -0.3 is 9.64 Å². The predicted octanol–water partition coefficient (Wildman–Crippen LogP) is 3.12. The van der Waals surface area contributed by atoms with Gasteiger partial charge in [-0.2, -0.15) is 0 Å². The van der Waals surface area contributed by atoms with E-state index in [0.717, 1.165) is 25.9 Å². The zero-order valence-corrected chi connectivity index (χ0v) is 13.3. The summed E-state index contributed by atoms with van der Waals surface area (Å²) in [6.45, 7) is 3.34. The summed E-state index contributed by atoms with van der Waals surface area (Å²) in [6.07, 6.45) is 3.81. The van der Waals surface area contributed by atoms with Crippen molar-refractivity contribution in [3.05, 3.63) is 57.8 Å². The third-order valence-corrected chi connectivity index (χ3v) is 3.99. The highest BCUT2D eigenvalue weighted by molar-refractivity contribution is 5.96. The van der Waals surface area contributed by atoms with Gasteiger partial charge in [-0.15, -0.1) is 0 Å². The first kappa shape index (κ1) is 15.9. The van der Waals surface area contributed by atoms with E-state index in [1.807, 2.05) is 0 Å². The van der Waals surface area contributed by atoms with E-state index in [2.05, 4.69) is 9.88 Å². The van der Waals surface area contributed by atoms with Crippen LogP contribution >= 0.6 is 0 Å². The van der Waals surface area contributed by atoms with Gasteiger partial charge in [0.25, 0.3) is 5.69 Å². The minimum atomic E-state index is -0.516. The Balaban J connectivity index is 1.83. The summed E-state index contributed by atoms with van der Waals surface area (Å²) in [5.74, 6) is 0.385. The molecular formula is C17H17N3O4. The molecule has 0 amide bonds. The van der Waals surface area contributed by atoms with Crippen LogP contribution in [0.4, 0.5) is 11.5 Å². The Morgan fingerprint density at radius 2 is 2.04 bits per heavy atom. The fraction of sp³-hybridized carbons (Fsp3) is 0.294. The fourth-order valence-corrected chi connectivity index (χ4v) is 2.80. The van der Waals surface area contributed by atoms with Crippen molar-refractivity contribution in [2.75, 3.05) is 18.0 Å². The molecule has 0 atom stereocenters. The van der Waals surface area contributed by atoms with Gasteiger partial charge in [0.2, 0.25) is 0 Å². The van der Waals surface area contributed by atoms with E-state index in [0.29, 0.717) is 16.9 Å². The summed E-state index contributed by atoms with van der Waals surface area (Å²) in [7, 11) is 0. The highest BCUT2D eigenvalue weighted by atomic mass is 16.6.